The van der Waals surface area contributed by atoms with Gasteiger partial charge in [-0.2, -0.15) is 9.61 Å². The summed E-state index contributed by atoms with van der Waals surface area (Å²) in [7, 11) is -3.87. The van der Waals surface area contributed by atoms with Crippen LogP contribution in [-0.2, 0) is 10.0 Å². The van der Waals surface area contributed by atoms with Crippen molar-refractivity contribution in [1.29, 1.82) is 0 Å². The zero-order valence-corrected chi connectivity index (χ0v) is 17.7. The molecule has 31 heavy (non-hydrogen) atoms. The van der Waals surface area contributed by atoms with E-state index in [1.807, 2.05) is 61.5 Å². The molecular weight excluding hydrogens is 414 g/mol. The molecule has 3 heterocycles. The van der Waals surface area contributed by atoms with Crippen LogP contribution in [0.25, 0.3) is 28.0 Å². The number of aryl methyl sites for hydroxylation is 1. The molecule has 1 atom stereocenters. The Bertz CT molecular complexity index is 1510. The van der Waals surface area contributed by atoms with Gasteiger partial charge < -0.3 is 4.42 Å². The number of furan rings is 1. The fourth-order valence-corrected chi connectivity index (χ4v) is 4.74. The molecule has 8 nitrogen and oxygen atoms in total. The molecule has 9 heteroatoms. The first-order valence-electron chi connectivity index (χ1n) is 9.72. The Balaban J connectivity index is 1.51. The maximum absolute atomic E-state index is 12.8. The van der Waals surface area contributed by atoms with Crippen LogP contribution < -0.4 is 4.72 Å². The molecule has 0 radical (unpaired) electrons. The summed E-state index contributed by atoms with van der Waals surface area (Å²) in [5.74, 6) is 0.601. The minimum Gasteiger partial charge on any atom is -0.440 e. The third-order valence-corrected chi connectivity index (χ3v) is 6.56. The average molecular weight is 433 g/mol. The Kier molecular flexibility index (Phi) is 4.57. The smallest absolute Gasteiger partial charge is 0.274 e. The van der Waals surface area contributed by atoms with Crippen molar-refractivity contribution in [2.75, 3.05) is 0 Å². The number of benzene rings is 2. The Morgan fingerprint density at radius 3 is 2.42 bits per heavy atom. The number of hydrogen-bond donors (Lipinski definition) is 1. The second kappa shape index (κ2) is 7.29. The van der Waals surface area contributed by atoms with Crippen LogP contribution in [0, 0.1) is 6.92 Å². The lowest BCUT2D eigenvalue weighted by Gasteiger charge is -2.13. The maximum atomic E-state index is 12.8. The SMILES string of the molecule is Cc1nn2c(-c3ccc(S(=O)(=O)N[C@@H](C)c4ccccc4)o3)nnc2c2ccccc12. The van der Waals surface area contributed by atoms with Crippen molar-refractivity contribution in [3.8, 4) is 11.6 Å². The lowest BCUT2D eigenvalue weighted by atomic mass is 10.1. The molecule has 0 aliphatic carbocycles. The van der Waals surface area contributed by atoms with Gasteiger partial charge in [0.2, 0.25) is 10.9 Å². The second-order valence-electron chi connectivity index (χ2n) is 7.26. The summed E-state index contributed by atoms with van der Waals surface area (Å²) in [4.78, 5) is 0. The summed E-state index contributed by atoms with van der Waals surface area (Å²) < 4.78 is 35.5. The lowest BCUT2D eigenvalue weighted by Crippen LogP contribution is -2.26. The highest BCUT2D eigenvalue weighted by Gasteiger charge is 2.24. The molecule has 0 fully saturated rings. The molecule has 1 N–H and O–H groups in total. The molecule has 5 rings (SSSR count). The fraction of sp³-hybridized carbons (Fsp3) is 0.136. The van der Waals surface area contributed by atoms with Crippen LogP contribution in [0.5, 0.6) is 0 Å². The molecular formula is C22H19N5O3S. The van der Waals surface area contributed by atoms with E-state index in [2.05, 4.69) is 20.0 Å². The van der Waals surface area contributed by atoms with E-state index >= 15 is 0 Å². The molecule has 0 saturated carbocycles. The van der Waals surface area contributed by atoms with Gasteiger partial charge in [-0.05, 0) is 31.5 Å². The minimum atomic E-state index is -3.87. The molecule has 0 amide bonds. The number of nitrogens with zero attached hydrogens (tertiary/aromatic N) is 4. The van der Waals surface area contributed by atoms with E-state index < -0.39 is 16.1 Å². The van der Waals surface area contributed by atoms with Crippen molar-refractivity contribution in [2.24, 2.45) is 0 Å². The van der Waals surface area contributed by atoms with Gasteiger partial charge in [-0.3, -0.25) is 0 Å². The Morgan fingerprint density at radius 1 is 0.935 bits per heavy atom. The number of aromatic nitrogens is 4. The van der Waals surface area contributed by atoms with Crippen LogP contribution >= 0.6 is 0 Å². The largest absolute Gasteiger partial charge is 0.440 e. The highest BCUT2D eigenvalue weighted by molar-refractivity contribution is 7.89. The molecule has 3 aromatic heterocycles. The normalized spacial score (nSPS) is 13.1. The van der Waals surface area contributed by atoms with Gasteiger partial charge in [0.1, 0.15) is 0 Å². The Morgan fingerprint density at radius 2 is 1.65 bits per heavy atom. The van der Waals surface area contributed by atoms with Crippen molar-refractivity contribution < 1.29 is 12.8 Å². The van der Waals surface area contributed by atoms with Crippen LogP contribution in [0.2, 0.25) is 0 Å². The summed E-state index contributed by atoms with van der Waals surface area (Å²) >= 11 is 0. The van der Waals surface area contributed by atoms with Gasteiger partial charge in [0.25, 0.3) is 10.0 Å². The average Bonchev–Trinajstić information content (AvgIpc) is 3.42. The standard InChI is InChI=1S/C22H19N5O3S/c1-14(16-8-4-3-5-9-16)26-31(28,29)20-13-12-19(30-20)22-24-23-21-18-11-7-6-10-17(18)15(2)25-27(21)22/h3-14,26H,1-2H3/t14-/m0/s1. The maximum Gasteiger partial charge on any atom is 0.274 e. The first kappa shape index (κ1) is 19.4. The van der Waals surface area contributed by atoms with E-state index in [4.69, 9.17) is 4.42 Å². The van der Waals surface area contributed by atoms with Gasteiger partial charge in [-0.1, -0.05) is 54.6 Å². The molecule has 5 aromatic rings. The Labute approximate surface area is 178 Å². The van der Waals surface area contributed by atoms with Crippen LogP contribution in [0.3, 0.4) is 0 Å². The second-order valence-corrected chi connectivity index (χ2v) is 8.91. The van der Waals surface area contributed by atoms with Crippen molar-refractivity contribution in [1.82, 2.24) is 24.5 Å². The first-order valence-corrected chi connectivity index (χ1v) is 11.2. The molecule has 0 bridgehead atoms. The summed E-state index contributed by atoms with van der Waals surface area (Å²) in [5, 5.41) is 14.7. The molecule has 0 saturated heterocycles. The first-order chi connectivity index (χ1) is 14.9. The van der Waals surface area contributed by atoms with Crippen LogP contribution in [-0.4, -0.2) is 28.2 Å². The number of fused-ring (bicyclic) bond motifs is 3. The minimum absolute atomic E-state index is 0.195. The van der Waals surface area contributed by atoms with E-state index in [0.29, 0.717) is 11.5 Å². The van der Waals surface area contributed by atoms with Crippen molar-refractivity contribution >= 4 is 26.4 Å². The van der Waals surface area contributed by atoms with Gasteiger partial charge in [0, 0.05) is 16.8 Å². The van der Waals surface area contributed by atoms with Crippen molar-refractivity contribution in [3.63, 3.8) is 0 Å². The summed E-state index contributed by atoms with van der Waals surface area (Å²) in [6, 6.07) is 19.7. The van der Waals surface area contributed by atoms with Gasteiger partial charge in [-0.25, -0.2) is 13.1 Å². The molecule has 156 valence electrons. The van der Waals surface area contributed by atoms with Crippen molar-refractivity contribution in [3.05, 3.63) is 78.0 Å². The van der Waals surface area contributed by atoms with Crippen molar-refractivity contribution in [2.45, 2.75) is 25.0 Å². The number of nitrogens with one attached hydrogen (secondary N) is 1. The highest BCUT2D eigenvalue weighted by atomic mass is 32.2. The quantitative estimate of drug-likeness (QED) is 0.451. The van der Waals surface area contributed by atoms with Gasteiger partial charge in [-0.15, -0.1) is 10.2 Å². The third-order valence-electron chi connectivity index (χ3n) is 5.15. The van der Waals surface area contributed by atoms with Crippen LogP contribution in [0.4, 0.5) is 0 Å². The summed E-state index contributed by atoms with van der Waals surface area (Å²) in [5.41, 5.74) is 2.24. The van der Waals surface area contributed by atoms with E-state index in [1.165, 1.54) is 6.07 Å². The van der Waals surface area contributed by atoms with E-state index in [-0.39, 0.29) is 10.9 Å². The Hall–Kier alpha value is -3.56. The lowest BCUT2D eigenvalue weighted by molar-refractivity contribution is 0.449. The topological polar surface area (TPSA) is 102 Å². The van der Waals surface area contributed by atoms with Gasteiger partial charge in [0.05, 0.1) is 5.69 Å². The molecule has 0 aliphatic heterocycles. The molecule has 0 unspecified atom stereocenters. The number of sulfonamides is 1. The fourth-order valence-electron chi connectivity index (χ4n) is 3.58. The van der Waals surface area contributed by atoms with Crippen LogP contribution in [0.15, 0.2) is 76.2 Å². The predicted molar refractivity (Wildman–Crippen MR) is 116 cm³/mol. The molecule has 0 spiro atoms. The zero-order valence-electron chi connectivity index (χ0n) is 16.9. The monoisotopic (exact) mass is 433 g/mol. The number of hydrogen-bond acceptors (Lipinski definition) is 6. The molecule has 2 aromatic carbocycles. The summed E-state index contributed by atoms with van der Waals surface area (Å²) in [6.45, 7) is 3.68. The van der Waals surface area contributed by atoms with E-state index in [0.717, 1.165) is 22.0 Å². The van der Waals surface area contributed by atoms with Gasteiger partial charge in [0.15, 0.2) is 11.4 Å². The van der Waals surface area contributed by atoms with Crippen LogP contribution in [0.1, 0.15) is 24.2 Å². The molecule has 0 aliphatic rings. The summed E-state index contributed by atoms with van der Waals surface area (Å²) in [6.07, 6.45) is 0. The zero-order chi connectivity index (χ0) is 21.6. The van der Waals surface area contributed by atoms with Gasteiger partial charge >= 0.3 is 0 Å². The highest BCUT2D eigenvalue weighted by Crippen LogP contribution is 2.27. The third kappa shape index (κ3) is 3.37. The van der Waals surface area contributed by atoms with E-state index in [1.54, 1.807) is 17.5 Å². The predicted octanol–water partition coefficient (Wildman–Crippen LogP) is 3.89. The number of rotatable bonds is 5. The van der Waals surface area contributed by atoms with E-state index in [9.17, 15) is 8.42 Å².